The average molecular weight is 335 g/mol. The first kappa shape index (κ1) is 14.9. The maximum atomic E-state index is 12.2. The number of benzene rings is 1. The van der Waals surface area contributed by atoms with E-state index in [1.807, 2.05) is 42.0 Å². The van der Waals surface area contributed by atoms with Crippen LogP contribution in [-0.2, 0) is 6.54 Å². The van der Waals surface area contributed by atoms with E-state index in [2.05, 4.69) is 40.3 Å². The van der Waals surface area contributed by atoms with Gasteiger partial charge in [-0.05, 0) is 40.4 Å². The van der Waals surface area contributed by atoms with E-state index in [1.54, 1.807) is 0 Å². The third kappa shape index (κ3) is 3.51. The number of aromatic nitrogens is 1. The standard InChI is InChI=1S/C16H19BrN2O/c1-3-19-11-14(17)9-15(19)16(20)18-10-12(2)13-7-5-4-6-8-13/h4-9,11-12H,3,10H2,1-2H3,(H,18,20). The summed E-state index contributed by atoms with van der Waals surface area (Å²) in [6.07, 6.45) is 1.93. The monoisotopic (exact) mass is 334 g/mol. The summed E-state index contributed by atoms with van der Waals surface area (Å²) in [4.78, 5) is 12.2. The Morgan fingerprint density at radius 2 is 2.05 bits per heavy atom. The van der Waals surface area contributed by atoms with Crippen LogP contribution in [0.2, 0.25) is 0 Å². The molecule has 0 aliphatic carbocycles. The van der Waals surface area contributed by atoms with Gasteiger partial charge in [-0.1, -0.05) is 37.3 Å². The van der Waals surface area contributed by atoms with Crippen molar-refractivity contribution in [3.05, 3.63) is 58.3 Å². The Bertz CT molecular complexity index is 577. The van der Waals surface area contributed by atoms with Crippen molar-refractivity contribution in [3.8, 4) is 0 Å². The minimum atomic E-state index is -0.0275. The second-order valence-corrected chi connectivity index (χ2v) is 5.77. The molecule has 0 saturated carbocycles. The summed E-state index contributed by atoms with van der Waals surface area (Å²) in [6.45, 7) is 5.55. The van der Waals surface area contributed by atoms with Crippen molar-refractivity contribution in [3.63, 3.8) is 0 Å². The lowest BCUT2D eigenvalue weighted by Crippen LogP contribution is -2.29. The highest BCUT2D eigenvalue weighted by molar-refractivity contribution is 9.10. The van der Waals surface area contributed by atoms with Gasteiger partial charge in [0.1, 0.15) is 5.69 Å². The zero-order valence-corrected chi connectivity index (χ0v) is 13.4. The summed E-state index contributed by atoms with van der Waals surface area (Å²) in [6, 6.07) is 12.1. The molecule has 1 aromatic carbocycles. The zero-order chi connectivity index (χ0) is 14.5. The van der Waals surface area contributed by atoms with E-state index in [0.717, 1.165) is 11.0 Å². The molecule has 2 rings (SSSR count). The Kier molecular flexibility index (Phi) is 5.01. The van der Waals surface area contributed by atoms with E-state index in [4.69, 9.17) is 0 Å². The Labute approximate surface area is 128 Å². The van der Waals surface area contributed by atoms with Gasteiger partial charge in [-0.25, -0.2) is 0 Å². The zero-order valence-electron chi connectivity index (χ0n) is 11.8. The highest BCUT2D eigenvalue weighted by atomic mass is 79.9. The van der Waals surface area contributed by atoms with Crippen LogP contribution in [0.3, 0.4) is 0 Å². The fourth-order valence-corrected chi connectivity index (χ4v) is 2.63. The molecule has 4 heteroatoms. The molecule has 0 bridgehead atoms. The molecule has 3 nitrogen and oxygen atoms in total. The molecule has 0 radical (unpaired) electrons. The molecular formula is C16H19BrN2O. The molecule has 0 fully saturated rings. The van der Waals surface area contributed by atoms with Gasteiger partial charge >= 0.3 is 0 Å². The molecule has 1 heterocycles. The fourth-order valence-electron chi connectivity index (χ4n) is 2.16. The number of carbonyl (C=O) groups excluding carboxylic acids is 1. The van der Waals surface area contributed by atoms with Gasteiger partial charge < -0.3 is 9.88 Å². The van der Waals surface area contributed by atoms with Crippen molar-refractivity contribution in [1.82, 2.24) is 9.88 Å². The number of carbonyl (C=O) groups is 1. The number of nitrogens with zero attached hydrogens (tertiary/aromatic N) is 1. The van der Waals surface area contributed by atoms with Gasteiger partial charge in [-0.2, -0.15) is 0 Å². The summed E-state index contributed by atoms with van der Waals surface area (Å²) in [5.74, 6) is 0.272. The number of hydrogen-bond acceptors (Lipinski definition) is 1. The number of hydrogen-bond donors (Lipinski definition) is 1. The summed E-state index contributed by atoms with van der Waals surface area (Å²) in [5, 5.41) is 3.00. The first-order valence-corrected chi connectivity index (χ1v) is 7.60. The van der Waals surface area contributed by atoms with E-state index < -0.39 is 0 Å². The molecule has 1 aromatic heterocycles. The van der Waals surface area contributed by atoms with Crippen LogP contribution in [0.4, 0.5) is 0 Å². The first-order valence-electron chi connectivity index (χ1n) is 6.80. The lowest BCUT2D eigenvalue weighted by Gasteiger charge is -2.13. The molecule has 0 aliphatic rings. The molecule has 0 saturated heterocycles. The normalized spacial score (nSPS) is 12.2. The number of halogens is 1. The molecule has 1 atom stereocenters. The van der Waals surface area contributed by atoms with Crippen molar-refractivity contribution in [2.45, 2.75) is 26.3 Å². The summed E-state index contributed by atoms with van der Waals surface area (Å²) < 4.78 is 2.87. The Morgan fingerprint density at radius 3 is 2.70 bits per heavy atom. The number of rotatable bonds is 5. The molecule has 0 spiro atoms. The van der Waals surface area contributed by atoms with Gasteiger partial charge in [0, 0.05) is 23.8 Å². The third-order valence-corrected chi connectivity index (χ3v) is 3.81. The minimum absolute atomic E-state index is 0.0275. The molecule has 20 heavy (non-hydrogen) atoms. The Balaban J connectivity index is 1.98. The lowest BCUT2D eigenvalue weighted by atomic mass is 10.0. The highest BCUT2D eigenvalue weighted by Crippen LogP contribution is 2.16. The van der Waals surface area contributed by atoms with Gasteiger partial charge in [0.15, 0.2) is 0 Å². The van der Waals surface area contributed by atoms with Crippen LogP contribution in [0.25, 0.3) is 0 Å². The largest absolute Gasteiger partial charge is 0.350 e. The van der Waals surface area contributed by atoms with Crippen molar-refractivity contribution in [2.75, 3.05) is 6.54 Å². The van der Waals surface area contributed by atoms with Crippen LogP contribution in [0.1, 0.15) is 35.8 Å². The molecule has 0 aliphatic heterocycles. The molecular weight excluding hydrogens is 316 g/mol. The van der Waals surface area contributed by atoms with Crippen LogP contribution in [0, 0.1) is 0 Å². The van der Waals surface area contributed by atoms with Crippen molar-refractivity contribution in [1.29, 1.82) is 0 Å². The van der Waals surface area contributed by atoms with Gasteiger partial charge in [0.25, 0.3) is 5.91 Å². The van der Waals surface area contributed by atoms with Crippen LogP contribution >= 0.6 is 15.9 Å². The minimum Gasteiger partial charge on any atom is -0.350 e. The first-order chi connectivity index (χ1) is 9.61. The highest BCUT2D eigenvalue weighted by Gasteiger charge is 2.13. The number of nitrogens with one attached hydrogen (secondary N) is 1. The summed E-state index contributed by atoms with van der Waals surface area (Å²) in [7, 11) is 0. The summed E-state index contributed by atoms with van der Waals surface area (Å²) >= 11 is 3.41. The van der Waals surface area contributed by atoms with Crippen LogP contribution in [-0.4, -0.2) is 17.0 Å². The molecule has 106 valence electrons. The van der Waals surface area contributed by atoms with Crippen molar-refractivity contribution >= 4 is 21.8 Å². The predicted octanol–water partition coefficient (Wildman–Crippen LogP) is 3.80. The van der Waals surface area contributed by atoms with Gasteiger partial charge in [-0.3, -0.25) is 4.79 Å². The SMILES string of the molecule is CCn1cc(Br)cc1C(=O)NCC(C)c1ccccc1. The summed E-state index contributed by atoms with van der Waals surface area (Å²) in [5.41, 5.74) is 1.93. The van der Waals surface area contributed by atoms with Crippen LogP contribution in [0.5, 0.6) is 0 Å². The predicted molar refractivity (Wildman–Crippen MR) is 85.0 cm³/mol. The third-order valence-electron chi connectivity index (χ3n) is 3.37. The quantitative estimate of drug-likeness (QED) is 0.886. The van der Waals surface area contributed by atoms with E-state index in [-0.39, 0.29) is 5.91 Å². The fraction of sp³-hybridized carbons (Fsp3) is 0.312. The van der Waals surface area contributed by atoms with Crippen LogP contribution in [0.15, 0.2) is 47.1 Å². The van der Waals surface area contributed by atoms with E-state index in [9.17, 15) is 4.79 Å². The second kappa shape index (κ2) is 6.75. The Hall–Kier alpha value is -1.55. The maximum Gasteiger partial charge on any atom is 0.267 e. The maximum absolute atomic E-state index is 12.2. The molecule has 2 aromatic rings. The molecule has 1 unspecified atom stereocenters. The lowest BCUT2D eigenvalue weighted by molar-refractivity contribution is 0.0942. The second-order valence-electron chi connectivity index (χ2n) is 4.85. The average Bonchev–Trinajstić information content (AvgIpc) is 2.86. The number of amides is 1. The molecule has 1 N–H and O–H groups in total. The van der Waals surface area contributed by atoms with Gasteiger partial charge in [0.05, 0.1) is 0 Å². The number of aryl methyl sites for hydroxylation is 1. The van der Waals surface area contributed by atoms with Crippen molar-refractivity contribution < 1.29 is 4.79 Å². The van der Waals surface area contributed by atoms with E-state index in [1.165, 1.54) is 5.56 Å². The van der Waals surface area contributed by atoms with Gasteiger partial charge in [-0.15, -0.1) is 0 Å². The van der Waals surface area contributed by atoms with E-state index in [0.29, 0.717) is 18.2 Å². The van der Waals surface area contributed by atoms with E-state index >= 15 is 0 Å². The van der Waals surface area contributed by atoms with Crippen molar-refractivity contribution in [2.24, 2.45) is 0 Å². The Morgan fingerprint density at radius 1 is 1.35 bits per heavy atom. The van der Waals surface area contributed by atoms with Crippen LogP contribution < -0.4 is 5.32 Å². The van der Waals surface area contributed by atoms with Gasteiger partial charge in [0.2, 0.25) is 0 Å². The smallest absolute Gasteiger partial charge is 0.267 e. The topological polar surface area (TPSA) is 34.0 Å². The molecule has 1 amide bonds.